The van der Waals surface area contributed by atoms with E-state index in [9.17, 15) is 4.79 Å². The summed E-state index contributed by atoms with van der Waals surface area (Å²) in [5.41, 5.74) is 6.57. The van der Waals surface area contributed by atoms with E-state index < -0.39 is 0 Å². The minimum Gasteiger partial charge on any atom is -0.353 e. The van der Waals surface area contributed by atoms with Crippen LogP contribution in [0.3, 0.4) is 0 Å². The summed E-state index contributed by atoms with van der Waals surface area (Å²) < 4.78 is 1.71. The van der Waals surface area contributed by atoms with Crippen LogP contribution in [0.2, 0.25) is 0 Å². The van der Waals surface area contributed by atoms with E-state index in [1.165, 1.54) is 11.1 Å². The van der Waals surface area contributed by atoms with Crippen LogP contribution in [0.1, 0.15) is 22.4 Å². The van der Waals surface area contributed by atoms with Crippen LogP contribution in [0.15, 0.2) is 64.5 Å². The number of benzene rings is 2. The van der Waals surface area contributed by atoms with Gasteiger partial charge in [0.15, 0.2) is 5.16 Å². The van der Waals surface area contributed by atoms with Crippen molar-refractivity contribution in [1.29, 1.82) is 0 Å². The minimum atomic E-state index is -0.0660. The number of H-pyrrole nitrogens is 1. The van der Waals surface area contributed by atoms with Crippen molar-refractivity contribution in [3.63, 3.8) is 0 Å². The number of rotatable bonds is 4. The van der Waals surface area contributed by atoms with E-state index in [0.717, 1.165) is 22.7 Å². The van der Waals surface area contributed by atoms with Gasteiger partial charge in [-0.25, -0.2) is 4.98 Å². The third-order valence-electron chi connectivity index (χ3n) is 4.50. The summed E-state index contributed by atoms with van der Waals surface area (Å²) >= 11 is 1.58. The fourth-order valence-corrected chi connectivity index (χ4v) is 4.10. The number of aryl methyl sites for hydroxylation is 3. The monoisotopic (exact) mass is 375 g/mol. The van der Waals surface area contributed by atoms with Crippen molar-refractivity contribution < 1.29 is 0 Å². The molecule has 2 heterocycles. The minimum absolute atomic E-state index is 0.0660. The lowest BCUT2D eigenvalue weighted by atomic mass is 10.2. The van der Waals surface area contributed by atoms with Gasteiger partial charge in [0.25, 0.3) is 5.56 Å². The van der Waals surface area contributed by atoms with Crippen molar-refractivity contribution in [3.05, 3.63) is 87.3 Å². The lowest BCUT2D eigenvalue weighted by Crippen LogP contribution is -2.21. The zero-order valence-electron chi connectivity index (χ0n) is 15.6. The number of hydrogen-bond donors (Lipinski definition) is 1. The number of hydrogen-bond acceptors (Lipinski definition) is 3. The fourth-order valence-electron chi connectivity index (χ4n) is 3.15. The van der Waals surface area contributed by atoms with Crippen LogP contribution in [0.5, 0.6) is 0 Å². The van der Waals surface area contributed by atoms with Crippen LogP contribution >= 0.6 is 11.8 Å². The topological polar surface area (TPSA) is 50.7 Å². The zero-order chi connectivity index (χ0) is 19.0. The molecule has 4 rings (SSSR count). The largest absolute Gasteiger partial charge is 0.353 e. The highest BCUT2D eigenvalue weighted by atomic mass is 32.2. The fraction of sp³-hybridized carbons (Fsp3) is 0.182. The van der Waals surface area contributed by atoms with Crippen LogP contribution in [0, 0.1) is 20.8 Å². The van der Waals surface area contributed by atoms with Crippen molar-refractivity contribution >= 4 is 22.8 Å². The standard InChI is InChI=1S/C22H21N3OS/c1-14-7-9-18(10-8-14)25-21(26)20-19(12-16(3)23-20)24-22(25)27-13-17-6-4-5-15(2)11-17/h4-12,23H,13H2,1-3H3. The van der Waals surface area contributed by atoms with Crippen LogP contribution < -0.4 is 5.56 Å². The molecule has 0 unspecified atom stereocenters. The number of nitrogens with zero attached hydrogens (tertiary/aromatic N) is 2. The Balaban J connectivity index is 1.83. The lowest BCUT2D eigenvalue weighted by molar-refractivity contribution is 0.817. The van der Waals surface area contributed by atoms with Gasteiger partial charge in [-0.05, 0) is 44.5 Å². The van der Waals surface area contributed by atoms with E-state index in [1.807, 2.05) is 44.2 Å². The molecule has 0 saturated carbocycles. The number of aromatic nitrogens is 3. The van der Waals surface area contributed by atoms with Crippen LogP contribution in [0.4, 0.5) is 0 Å². The predicted molar refractivity (Wildman–Crippen MR) is 112 cm³/mol. The van der Waals surface area contributed by atoms with Gasteiger partial charge in [0.2, 0.25) is 0 Å². The molecule has 136 valence electrons. The van der Waals surface area contributed by atoms with Crippen molar-refractivity contribution in [1.82, 2.24) is 14.5 Å². The predicted octanol–water partition coefficient (Wildman–Crippen LogP) is 4.93. The molecule has 0 bridgehead atoms. The van der Waals surface area contributed by atoms with Gasteiger partial charge in [-0.3, -0.25) is 9.36 Å². The molecule has 0 aliphatic heterocycles. The summed E-state index contributed by atoms with van der Waals surface area (Å²) in [7, 11) is 0. The average molecular weight is 375 g/mol. The van der Waals surface area contributed by atoms with Crippen molar-refractivity contribution in [2.45, 2.75) is 31.7 Å². The van der Waals surface area contributed by atoms with Gasteiger partial charge in [-0.1, -0.05) is 59.3 Å². The number of fused-ring (bicyclic) bond motifs is 1. The van der Waals surface area contributed by atoms with Gasteiger partial charge in [-0.15, -0.1) is 0 Å². The molecular weight excluding hydrogens is 354 g/mol. The number of nitrogens with one attached hydrogen (secondary N) is 1. The maximum absolute atomic E-state index is 13.2. The molecule has 0 amide bonds. The molecule has 27 heavy (non-hydrogen) atoms. The van der Waals surface area contributed by atoms with E-state index in [4.69, 9.17) is 4.98 Å². The van der Waals surface area contributed by atoms with E-state index in [1.54, 1.807) is 16.3 Å². The Morgan fingerprint density at radius 1 is 1.00 bits per heavy atom. The van der Waals surface area contributed by atoms with Crippen LogP contribution in [0.25, 0.3) is 16.7 Å². The van der Waals surface area contributed by atoms with Gasteiger partial charge in [0.05, 0.1) is 11.2 Å². The normalized spacial score (nSPS) is 11.2. The molecule has 4 aromatic rings. The average Bonchev–Trinajstić information content (AvgIpc) is 3.02. The second kappa shape index (κ2) is 7.08. The molecular formula is C22H21N3OS. The third kappa shape index (κ3) is 3.55. The molecule has 5 heteroatoms. The maximum atomic E-state index is 13.2. The first-order valence-corrected chi connectivity index (χ1v) is 9.87. The van der Waals surface area contributed by atoms with Crippen molar-refractivity contribution in [3.8, 4) is 5.69 Å². The zero-order valence-corrected chi connectivity index (χ0v) is 16.4. The first-order chi connectivity index (χ1) is 13.0. The summed E-state index contributed by atoms with van der Waals surface area (Å²) in [6.07, 6.45) is 0. The smallest absolute Gasteiger partial charge is 0.283 e. The summed E-state index contributed by atoms with van der Waals surface area (Å²) in [6.45, 7) is 6.07. The Labute approximate surface area is 162 Å². The van der Waals surface area contributed by atoms with Crippen LogP contribution in [-0.2, 0) is 5.75 Å². The molecule has 0 saturated heterocycles. The van der Waals surface area contributed by atoms with Crippen molar-refractivity contribution in [2.75, 3.05) is 0 Å². The Hall–Kier alpha value is -2.79. The summed E-state index contributed by atoms with van der Waals surface area (Å²) in [5.74, 6) is 0.759. The molecule has 0 fully saturated rings. The van der Waals surface area contributed by atoms with Gasteiger partial charge >= 0.3 is 0 Å². The molecule has 2 aromatic carbocycles. The van der Waals surface area contributed by atoms with E-state index in [0.29, 0.717) is 16.2 Å². The SMILES string of the molecule is Cc1ccc(-n2c(SCc3cccc(C)c3)nc3cc(C)[nH]c3c2=O)cc1. The summed E-state index contributed by atoms with van der Waals surface area (Å²) in [5, 5.41) is 0.705. The van der Waals surface area contributed by atoms with E-state index >= 15 is 0 Å². The Bertz CT molecular complexity index is 1170. The molecule has 0 aliphatic carbocycles. The van der Waals surface area contributed by atoms with E-state index in [2.05, 4.69) is 36.2 Å². The quantitative estimate of drug-likeness (QED) is 0.406. The molecule has 1 N–H and O–H groups in total. The van der Waals surface area contributed by atoms with Crippen molar-refractivity contribution in [2.24, 2.45) is 0 Å². The molecule has 4 nitrogen and oxygen atoms in total. The summed E-state index contributed by atoms with van der Waals surface area (Å²) in [4.78, 5) is 21.1. The Kier molecular flexibility index (Phi) is 4.62. The van der Waals surface area contributed by atoms with Gasteiger partial charge in [0.1, 0.15) is 5.52 Å². The molecule has 0 spiro atoms. The lowest BCUT2D eigenvalue weighted by Gasteiger charge is -2.12. The number of thioether (sulfide) groups is 1. The van der Waals surface area contributed by atoms with E-state index in [-0.39, 0.29) is 5.56 Å². The summed E-state index contributed by atoms with van der Waals surface area (Å²) in [6, 6.07) is 18.3. The Morgan fingerprint density at radius 3 is 2.52 bits per heavy atom. The highest BCUT2D eigenvalue weighted by molar-refractivity contribution is 7.98. The molecule has 0 radical (unpaired) electrons. The Morgan fingerprint density at radius 2 is 1.78 bits per heavy atom. The second-order valence-electron chi connectivity index (χ2n) is 6.86. The molecule has 0 atom stereocenters. The highest BCUT2D eigenvalue weighted by Crippen LogP contribution is 2.25. The first kappa shape index (κ1) is 17.6. The first-order valence-electron chi connectivity index (χ1n) is 8.89. The second-order valence-corrected chi connectivity index (χ2v) is 7.80. The van der Waals surface area contributed by atoms with Gasteiger partial charge < -0.3 is 4.98 Å². The van der Waals surface area contributed by atoms with Gasteiger partial charge in [-0.2, -0.15) is 0 Å². The van der Waals surface area contributed by atoms with Gasteiger partial charge in [0, 0.05) is 11.4 Å². The molecule has 0 aliphatic rings. The van der Waals surface area contributed by atoms with Crippen LogP contribution in [-0.4, -0.2) is 14.5 Å². The third-order valence-corrected chi connectivity index (χ3v) is 5.51. The highest BCUT2D eigenvalue weighted by Gasteiger charge is 2.15. The number of aromatic amines is 1. The molecule has 2 aromatic heterocycles. The maximum Gasteiger partial charge on any atom is 0.283 e.